The van der Waals surface area contributed by atoms with Crippen molar-refractivity contribution < 1.29 is 13.2 Å². The minimum Gasteiger partial charge on any atom is -0.331 e. The Bertz CT molecular complexity index is 1120. The van der Waals surface area contributed by atoms with Gasteiger partial charge in [0.15, 0.2) is 0 Å². The maximum absolute atomic E-state index is 12.9. The SMILES string of the molecule is Cn1c(CCC(=O)Nc2nncs2)nc2cc(S(=O)(=O)N3CCCCC3)ccc21. The van der Waals surface area contributed by atoms with Crippen LogP contribution in [0.2, 0.25) is 0 Å². The Morgan fingerprint density at radius 1 is 1.24 bits per heavy atom. The van der Waals surface area contributed by atoms with Crippen molar-refractivity contribution in [2.45, 2.75) is 37.0 Å². The predicted octanol–water partition coefficient (Wildman–Crippen LogP) is 2.17. The van der Waals surface area contributed by atoms with E-state index in [1.165, 1.54) is 11.3 Å². The van der Waals surface area contributed by atoms with Crippen LogP contribution < -0.4 is 5.32 Å². The lowest BCUT2D eigenvalue weighted by Crippen LogP contribution is -2.35. The van der Waals surface area contributed by atoms with E-state index in [1.807, 2.05) is 11.6 Å². The van der Waals surface area contributed by atoms with Crippen LogP contribution in [0.4, 0.5) is 5.13 Å². The molecule has 3 aromatic rings. The molecule has 11 heteroatoms. The first-order valence-electron chi connectivity index (χ1n) is 9.47. The van der Waals surface area contributed by atoms with Gasteiger partial charge in [0.1, 0.15) is 11.3 Å². The molecule has 0 radical (unpaired) electrons. The summed E-state index contributed by atoms with van der Waals surface area (Å²) in [5, 5.41) is 10.6. The first-order valence-corrected chi connectivity index (χ1v) is 11.8. The number of nitrogens with zero attached hydrogens (tertiary/aromatic N) is 5. The number of rotatable bonds is 6. The minimum atomic E-state index is -3.50. The second kappa shape index (κ2) is 8.17. The lowest BCUT2D eigenvalue weighted by molar-refractivity contribution is -0.116. The van der Waals surface area contributed by atoms with E-state index in [0.717, 1.165) is 30.6 Å². The molecule has 0 saturated carbocycles. The molecule has 9 nitrogen and oxygen atoms in total. The highest BCUT2D eigenvalue weighted by Gasteiger charge is 2.26. The first-order chi connectivity index (χ1) is 13.9. The zero-order valence-corrected chi connectivity index (χ0v) is 17.7. The lowest BCUT2D eigenvalue weighted by atomic mass is 10.2. The van der Waals surface area contributed by atoms with Crippen LogP contribution in [0.15, 0.2) is 28.6 Å². The summed E-state index contributed by atoms with van der Waals surface area (Å²) in [6.45, 7) is 1.13. The summed E-state index contributed by atoms with van der Waals surface area (Å²) in [6.07, 6.45) is 3.55. The summed E-state index contributed by atoms with van der Waals surface area (Å²) in [4.78, 5) is 16.9. The fourth-order valence-corrected chi connectivity index (χ4v) is 5.50. The van der Waals surface area contributed by atoms with Crippen LogP contribution in [0.3, 0.4) is 0 Å². The van der Waals surface area contributed by atoms with Gasteiger partial charge in [-0.15, -0.1) is 10.2 Å². The summed E-state index contributed by atoms with van der Waals surface area (Å²) < 4.78 is 29.3. The van der Waals surface area contributed by atoms with Crippen LogP contribution in [-0.2, 0) is 28.3 Å². The standard InChI is InChI=1S/C18H22N6O3S2/c1-23-15-6-5-13(29(26,27)24-9-3-2-4-10-24)11-14(15)20-16(23)7-8-17(25)21-18-22-19-12-28-18/h5-6,11-12H,2-4,7-10H2,1H3,(H,21,22,25). The van der Waals surface area contributed by atoms with E-state index in [4.69, 9.17) is 0 Å². The van der Waals surface area contributed by atoms with E-state index < -0.39 is 10.0 Å². The van der Waals surface area contributed by atoms with Gasteiger partial charge in [0, 0.05) is 33.0 Å². The molecule has 1 saturated heterocycles. The van der Waals surface area contributed by atoms with Gasteiger partial charge in [0.25, 0.3) is 0 Å². The quantitative estimate of drug-likeness (QED) is 0.637. The highest BCUT2D eigenvalue weighted by molar-refractivity contribution is 7.89. The van der Waals surface area contributed by atoms with Crippen molar-refractivity contribution in [1.82, 2.24) is 24.1 Å². The number of benzene rings is 1. The summed E-state index contributed by atoms with van der Waals surface area (Å²) in [5.41, 5.74) is 3.00. The highest BCUT2D eigenvalue weighted by Crippen LogP contribution is 2.25. The van der Waals surface area contributed by atoms with Crippen molar-refractivity contribution in [3.8, 4) is 0 Å². The molecule has 0 bridgehead atoms. The third-order valence-corrected chi connectivity index (χ3v) is 7.58. The number of sulfonamides is 1. The highest BCUT2D eigenvalue weighted by atomic mass is 32.2. The number of aromatic nitrogens is 4. The number of aryl methyl sites for hydroxylation is 2. The summed E-state index contributed by atoms with van der Waals surface area (Å²) >= 11 is 1.26. The number of amides is 1. The molecule has 0 aliphatic carbocycles. The zero-order chi connectivity index (χ0) is 20.4. The average Bonchev–Trinajstić information content (AvgIpc) is 3.34. The van der Waals surface area contributed by atoms with E-state index >= 15 is 0 Å². The van der Waals surface area contributed by atoms with E-state index in [1.54, 1.807) is 28.0 Å². The van der Waals surface area contributed by atoms with E-state index in [0.29, 0.717) is 30.2 Å². The van der Waals surface area contributed by atoms with Crippen LogP contribution >= 0.6 is 11.3 Å². The largest absolute Gasteiger partial charge is 0.331 e. The Morgan fingerprint density at radius 2 is 2.03 bits per heavy atom. The number of anilines is 1. The van der Waals surface area contributed by atoms with Gasteiger partial charge >= 0.3 is 0 Å². The smallest absolute Gasteiger partial charge is 0.243 e. The number of hydrogen-bond donors (Lipinski definition) is 1. The molecular formula is C18H22N6O3S2. The van der Waals surface area contributed by atoms with E-state index in [9.17, 15) is 13.2 Å². The van der Waals surface area contributed by atoms with Crippen LogP contribution in [-0.4, -0.2) is 51.5 Å². The number of hydrogen-bond acceptors (Lipinski definition) is 7. The normalized spacial score (nSPS) is 15.6. The molecule has 4 rings (SSSR count). The number of carbonyl (C=O) groups excluding carboxylic acids is 1. The molecule has 1 N–H and O–H groups in total. The van der Waals surface area contributed by atoms with Crippen LogP contribution in [0.25, 0.3) is 11.0 Å². The Labute approximate surface area is 172 Å². The third kappa shape index (κ3) is 4.16. The third-order valence-electron chi connectivity index (χ3n) is 5.08. The molecule has 1 aliphatic rings. The van der Waals surface area contributed by atoms with Crippen molar-refractivity contribution >= 4 is 43.4 Å². The zero-order valence-electron chi connectivity index (χ0n) is 16.0. The average molecular weight is 435 g/mol. The molecule has 0 spiro atoms. The van der Waals surface area contributed by atoms with Crippen LogP contribution in [0.1, 0.15) is 31.5 Å². The topological polar surface area (TPSA) is 110 Å². The Kier molecular flexibility index (Phi) is 5.61. The summed E-state index contributed by atoms with van der Waals surface area (Å²) in [7, 11) is -1.64. The van der Waals surface area contributed by atoms with E-state index in [2.05, 4.69) is 20.5 Å². The van der Waals surface area contributed by atoms with Crippen molar-refractivity contribution in [3.05, 3.63) is 29.5 Å². The van der Waals surface area contributed by atoms with Crippen LogP contribution in [0, 0.1) is 0 Å². The number of piperidine rings is 1. The van der Waals surface area contributed by atoms with Gasteiger partial charge in [-0.25, -0.2) is 13.4 Å². The van der Waals surface area contributed by atoms with Crippen molar-refractivity contribution in [2.24, 2.45) is 7.05 Å². The van der Waals surface area contributed by atoms with Crippen molar-refractivity contribution in [2.75, 3.05) is 18.4 Å². The number of imidazole rings is 1. The number of nitrogens with one attached hydrogen (secondary N) is 1. The van der Waals surface area contributed by atoms with Crippen molar-refractivity contribution in [1.29, 1.82) is 0 Å². The minimum absolute atomic E-state index is 0.165. The maximum Gasteiger partial charge on any atom is 0.243 e. The number of carbonyl (C=O) groups is 1. The van der Waals surface area contributed by atoms with Gasteiger partial charge in [0.2, 0.25) is 21.1 Å². The first kappa shape index (κ1) is 19.9. The number of fused-ring (bicyclic) bond motifs is 1. The maximum atomic E-state index is 12.9. The molecule has 0 unspecified atom stereocenters. The Hall–Kier alpha value is -2.37. The molecule has 2 aromatic heterocycles. The van der Waals surface area contributed by atoms with E-state index in [-0.39, 0.29) is 17.2 Å². The fourth-order valence-electron chi connectivity index (χ4n) is 3.50. The molecule has 1 amide bonds. The van der Waals surface area contributed by atoms with Gasteiger partial charge in [-0.3, -0.25) is 4.79 Å². The second-order valence-electron chi connectivity index (χ2n) is 6.99. The molecular weight excluding hydrogens is 412 g/mol. The lowest BCUT2D eigenvalue weighted by Gasteiger charge is -2.25. The fraction of sp³-hybridized carbons (Fsp3) is 0.444. The summed E-state index contributed by atoms with van der Waals surface area (Å²) in [6, 6.07) is 5.05. The molecule has 29 heavy (non-hydrogen) atoms. The van der Waals surface area contributed by atoms with Gasteiger partial charge in [-0.2, -0.15) is 4.31 Å². The van der Waals surface area contributed by atoms with Crippen molar-refractivity contribution in [3.63, 3.8) is 0 Å². The Morgan fingerprint density at radius 3 is 2.76 bits per heavy atom. The molecule has 1 aromatic carbocycles. The molecule has 0 atom stereocenters. The molecule has 1 fully saturated rings. The van der Waals surface area contributed by atoms with Gasteiger partial charge in [-0.05, 0) is 31.0 Å². The summed E-state index contributed by atoms with van der Waals surface area (Å²) in [5.74, 6) is 0.558. The molecule has 154 valence electrons. The predicted molar refractivity (Wildman–Crippen MR) is 110 cm³/mol. The monoisotopic (exact) mass is 434 g/mol. The second-order valence-corrected chi connectivity index (χ2v) is 9.77. The van der Waals surface area contributed by atoms with Crippen LogP contribution in [0.5, 0.6) is 0 Å². The Balaban J connectivity index is 1.51. The van der Waals surface area contributed by atoms with Gasteiger partial charge < -0.3 is 9.88 Å². The molecule has 3 heterocycles. The van der Waals surface area contributed by atoms with Gasteiger partial charge in [-0.1, -0.05) is 17.8 Å². The molecule has 1 aliphatic heterocycles. The van der Waals surface area contributed by atoms with Gasteiger partial charge in [0.05, 0.1) is 15.9 Å².